The zero-order valence-electron chi connectivity index (χ0n) is 16.2. The average molecular weight is 444 g/mol. The van der Waals surface area contributed by atoms with Crippen molar-refractivity contribution < 1.29 is 9.59 Å². The standard InChI is InChI=1S/C21H19Cl2N5O2/c1-12-9-14(22)10-15(20(29)25-11-13-4-5-13)18(12)27-21(30)17-6-8-26-28(17)19-16(23)3-2-7-24-19/h2-3,6-10,13H,4-5,11H2,1H3,(H,25,29)(H,27,30). The van der Waals surface area contributed by atoms with Crippen molar-refractivity contribution >= 4 is 40.7 Å². The Morgan fingerprint density at radius 3 is 2.70 bits per heavy atom. The maximum Gasteiger partial charge on any atom is 0.274 e. The molecule has 0 radical (unpaired) electrons. The van der Waals surface area contributed by atoms with E-state index < -0.39 is 5.91 Å². The predicted molar refractivity (Wildman–Crippen MR) is 116 cm³/mol. The van der Waals surface area contributed by atoms with E-state index in [-0.39, 0.29) is 11.6 Å². The number of nitrogens with one attached hydrogen (secondary N) is 2. The van der Waals surface area contributed by atoms with Crippen molar-refractivity contribution in [1.29, 1.82) is 0 Å². The molecule has 0 bridgehead atoms. The summed E-state index contributed by atoms with van der Waals surface area (Å²) in [7, 11) is 0. The summed E-state index contributed by atoms with van der Waals surface area (Å²) in [5.74, 6) is 0.147. The van der Waals surface area contributed by atoms with Crippen molar-refractivity contribution in [2.24, 2.45) is 5.92 Å². The summed E-state index contributed by atoms with van der Waals surface area (Å²) < 4.78 is 1.36. The molecule has 1 fully saturated rings. The second-order valence-electron chi connectivity index (χ2n) is 7.19. The fourth-order valence-electron chi connectivity index (χ4n) is 3.10. The molecule has 1 aliphatic carbocycles. The van der Waals surface area contributed by atoms with Crippen LogP contribution in [0.5, 0.6) is 0 Å². The molecule has 0 saturated heterocycles. The minimum atomic E-state index is -0.448. The summed E-state index contributed by atoms with van der Waals surface area (Å²) in [5, 5.41) is 10.7. The molecule has 9 heteroatoms. The molecule has 154 valence electrons. The maximum absolute atomic E-state index is 13.1. The van der Waals surface area contributed by atoms with Crippen LogP contribution in [0.25, 0.3) is 5.82 Å². The predicted octanol–water partition coefficient (Wildman–Crippen LogP) is 4.27. The van der Waals surface area contributed by atoms with E-state index in [1.165, 1.54) is 10.9 Å². The number of aromatic nitrogens is 3. The van der Waals surface area contributed by atoms with Gasteiger partial charge in [0, 0.05) is 17.8 Å². The molecule has 0 spiro atoms. The normalized spacial score (nSPS) is 13.2. The Labute approximate surface area is 183 Å². The topological polar surface area (TPSA) is 88.9 Å². The largest absolute Gasteiger partial charge is 0.352 e. The monoisotopic (exact) mass is 443 g/mol. The highest BCUT2D eigenvalue weighted by Crippen LogP contribution is 2.29. The van der Waals surface area contributed by atoms with Crippen LogP contribution in [0.15, 0.2) is 42.7 Å². The molecule has 7 nitrogen and oxygen atoms in total. The number of amides is 2. The maximum atomic E-state index is 13.1. The molecule has 3 aromatic rings. The van der Waals surface area contributed by atoms with Gasteiger partial charge in [-0.2, -0.15) is 5.10 Å². The molecule has 4 rings (SSSR count). The summed E-state index contributed by atoms with van der Waals surface area (Å²) in [6.07, 6.45) is 5.30. The minimum Gasteiger partial charge on any atom is -0.352 e. The summed E-state index contributed by atoms with van der Waals surface area (Å²) in [6.45, 7) is 2.40. The van der Waals surface area contributed by atoms with Crippen LogP contribution in [0.2, 0.25) is 10.0 Å². The molecule has 2 heterocycles. The number of hydrogen-bond acceptors (Lipinski definition) is 4. The van der Waals surface area contributed by atoms with E-state index in [9.17, 15) is 9.59 Å². The van der Waals surface area contributed by atoms with E-state index in [2.05, 4.69) is 20.7 Å². The lowest BCUT2D eigenvalue weighted by Crippen LogP contribution is -2.28. The molecule has 30 heavy (non-hydrogen) atoms. The smallest absolute Gasteiger partial charge is 0.274 e. The van der Waals surface area contributed by atoms with E-state index >= 15 is 0 Å². The van der Waals surface area contributed by atoms with Crippen LogP contribution in [-0.4, -0.2) is 33.1 Å². The molecule has 1 aliphatic rings. The van der Waals surface area contributed by atoms with Crippen molar-refractivity contribution in [2.45, 2.75) is 19.8 Å². The van der Waals surface area contributed by atoms with Crippen LogP contribution in [-0.2, 0) is 0 Å². The minimum absolute atomic E-state index is 0.231. The van der Waals surface area contributed by atoms with Gasteiger partial charge in [-0.1, -0.05) is 23.2 Å². The molecule has 2 N–H and O–H groups in total. The fourth-order valence-corrected chi connectivity index (χ4v) is 3.57. The third kappa shape index (κ3) is 4.32. The number of pyridine rings is 1. The van der Waals surface area contributed by atoms with Crippen LogP contribution < -0.4 is 10.6 Å². The molecule has 1 aromatic carbocycles. The van der Waals surface area contributed by atoms with E-state index in [1.807, 2.05) is 0 Å². The van der Waals surface area contributed by atoms with Gasteiger partial charge in [-0.05, 0) is 61.6 Å². The number of carbonyl (C=O) groups excluding carboxylic acids is 2. The molecule has 0 aliphatic heterocycles. The Hall–Kier alpha value is -2.90. The van der Waals surface area contributed by atoms with Crippen molar-refractivity contribution in [3.05, 3.63) is 69.6 Å². The SMILES string of the molecule is Cc1cc(Cl)cc(C(=O)NCC2CC2)c1NC(=O)c1ccnn1-c1ncccc1Cl. The molecule has 2 aromatic heterocycles. The number of rotatable bonds is 6. The third-order valence-corrected chi connectivity index (χ3v) is 5.36. The number of aryl methyl sites for hydroxylation is 1. The highest BCUT2D eigenvalue weighted by molar-refractivity contribution is 6.32. The average Bonchev–Trinajstić information content (AvgIpc) is 3.42. The lowest BCUT2D eigenvalue weighted by atomic mass is 10.1. The van der Waals surface area contributed by atoms with E-state index in [4.69, 9.17) is 23.2 Å². The number of benzene rings is 1. The Morgan fingerprint density at radius 2 is 1.97 bits per heavy atom. The van der Waals surface area contributed by atoms with Crippen LogP contribution in [0.1, 0.15) is 39.3 Å². The Bertz CT molecular complexity index is 1120. The summed E-state index contributed by atoms with van der Waals surface area (Å²) in [5.41, 5.74) is 1.62. The van der Waals surface area contributed by atoms with Gasteiger partial charge in [-0.3, -0.25) is 9.59 Å². The van der Waals surface area contributed by atoms with Gasteiger partial charge in [0.25, 0.3) is 11.8 Å². The van der Waals surface area contributed by atoms with Crippen molar-refractivity contribution in [2.75, 3.05) is 11.9 Å². The molecule has 0 atom stereocenters. The highest BCUT2D eigenvalue weighted by Gasteiger charge is 2.24. The van der Waals surface area contributed by atoms with Gasteiger partial charge in [0.2, 0.25) is 0 Å². The first-order valence-electron chi connectivity index (χ1n) is 9.48. The zero-order chi connectivity index (χ0) is 21.3. The number of nitrogens with zero attached hydrogens (tertiary/aromatic N) is 3. The number of halogens is 2. The molecule has 0 unspecified atom stereocenters. The van der Waals surface area contributed by atoms with Gasteiger partial charge in [0.05, 0.1) is 22.5 Å². The lowest BCUT2D eigenvalue weighted by molar-refractivity contribution is 0.0952. The van der Waals surface area contributed by atoms with Crippen LogP contribution in [0.4, 0.5) is 5.69 Å². The fraction of sp³-hybridized carbons (Fsp3) is 0.238. The molecule has 2 amide bonds. The number of hydrogen-bond donors (Lipinski definition) is 2. The van der Waals surface area contributed by atoms with E-state index in [0.29, 0.717) is 45.1 Å². The first-order valence-corrected chi connectivity index (χ1v) is 10.2. The first kappa shape index (κ1) is 20.4. The Morgan fingerprint density at radius 1 is 1.17 bits per heavy atom. The summed E-state index contributed by atoms with van der Waals surface area (Å²) in [6, 6.07) is 8.16. The zero-order valence-corrected chi connectivity index (χ0v) is 17.7. The third-order valence-electron chi connectivity index (χ3n) is 4.85. The Balaban J connectivity index is 1.63. The van der Waals surface area contributed by atoms with Gasteiger partial charge in [-0.25, -0.2) is 9.67 Å². The molecular weight excluding hydrogens is 425 g/mol. The van der Waals surface area contributed by atoms with Gasteiger partial charge in [0.15, 0.2) is 5.82 Å². The van der Waals surface area contributed by atoms with E-state index in [1.54, 1.807) is 43.5 Å². The van der Waals surface area contributed by atoms with Crippen molar-refractivity contribution in [3.8, 4) is 5.82 Å². The summed E-state index contributed by atoms with van der Waals surface area (Å²) in [4.78, 5) is 30.0. The van der Waals surface area contributed by atoms with Gasteiger partial charge in [-0.15, -0.1) is 0 Å². The van der Waals surface area contributed by atoms with Crippen LogP contribution in [0.3, 0.4) is 0 Å². The Kier molecular flexibility index (Phi) is 5.74. The van der Waals surface area contributed by atoms with Crippen molar-refractivity contribution in [3.63, 3.8) is 0 Å². The van der Waals surface area contributed by atoms with Gasteiger partial charge < -0.3 is 10.6 Å². The second-order valence-corrected chi connectivity index (χ2v) is 8.03. The van der Waals surface area contributed by atoms with Gasteiger partial charge >= 0.3 is 0 Å². The van der Waals surface area contributed by atoms with Crippen LogP contribution >= 0.6 is 23.2 Å². The number of anilines is 1. The molecular formula is C21H19Cl2N5O2. The van der Waals surface area contributed by atoms with Crippen LogP contribution in [0, 0.1) is 12.8 Å². The van der Waals surface area contributed by atoms with Gasteiger partial charge in [0.1, 0.15) is 5.69 Å². The quantitative estimate of drug-likeness (QED) is 0.594. The van der Waals surface area contributed by atoms with Crippen molar-refractivity contribution in [1.82, 2.24) is 20.1 Å². The number of carbonyl (C=O) groups is 2. The lowest BCUT2D eigenvalue weighted by Gasteiger charge is -2.15. The highest BCUT2D eigenvalue weighted by atomic mass is 35.5. The first-order chi connectivity index (χ1) is 14.4. The van der Waals surface area contributed by atoms with E-state index in [0.717, 1.165) is 12.8 Å². The molecule has 1 saturated carbocycles. The summed E-state index contributed by atoms with van der Waals surface area (Å²) >= 11 is 12.4. The second kappa shape index (κ2) is 8.45.